The van der Waals surface area contributed by atoms with E-state index >= 15 is 0 Å². The van der Waals surface area contributed by atoms with Crippen molar-refractivity contribution in [3.05, 3.63) is 66.2 Å². The molecule has 0 heterocycles. The standard InChI is InChI=1S/C17H21N/c1-15(18-17-13-6-3-7-14-17)9-8-12-16-10-4-2-5-11-16/h2-7,10-11,13-15,18H,8-9,12H2,1H3. The molecule has 2 rings (SSSR count). The summed E-state index contributed by atoms with van der Waals surface area (Å²) in [5, 5.41) is 3.53. The monoisotopic (exact) mass is 239 g/mol. The van der Waals surface area contributed by atoms with Crippen LogP contribution in [0, 0.1) is 0 Å². The molecule has 1 nitrogen and oxygen atoms in total. The minimum absolute atomic E-state index is 0.524. The number of benzene rings is 2. The lowest BCUT2D eigenvalue weighted by molar-refractivity contribution is 0.655. The maximum atomic E-state index is 3.53. The maximum Gasteiger partial charge on any atom is 0.0342 e. The first-order chi connectivity index (χ1) is 8.84. The summed E-state index contributed by atoms with van der Waals surface area (Å²) in [7, 11) is 0. The number of para-hydroxylation sites is 1. The van der Waals surface area contributed by atoms with Gasteiger partial charge in [0, 0.05) is 11.7 Å². The van der Waals surface area contributed by atoms with Gasteiger partial charge in [0.25, 0.3) is 0 Å². The molecule has 0 saturated heterocycles. The second-order valence-electron chi connectivity index (χ2n) is 4.79. The molecule has 0 fully saturated rings. The minimum Gasteiger partial charge on any atom is -0.383 e. The molecule has 0 aliphatic rings. The smallest absolute Gasteiger partial charge is 0.0342 e. The average molecular weight is 239 g/mol. The number of aryl methyl sites for hydroxylation is 1. The van der Waals surface area contributed by atoms with Crippen molar-refractivity contribution in [3.8, 4) is 0 Å². The van der Waals surface area contributed by atoms with Crippen molar-refractivity contribution in [3.63, 3.8) is 0 Å². The van der Waals surface area contributed by atoms with Gasteiger partial charge in [-0.3, -0.25) is 0 Å². The molecule has 2 aromatic carbocycles. The minimum atomic E-state index is 0.524. The van der Waals surface area contributed by atoms with Crippen molar-refractivity contribution >= 4 is 5.69 Å². The Balaban J connectivity index is 1.71. The Kier molecular flexibility index (Phi) is 4.83. The Morgan fingerprint density at radius 1 is 0.889 bits per heavy atom. The van der Waals surface area contributed by atoms with E-state index in [4.69, 9.17) is 0 Å². The highest BCUT2D eigenvalue weighted by molar-refractivity contribution is 5.43. The van der Waals surface area contributed by atoms with Crippen LogP contribution >= 0.6 is 0 Å². The van der Waals surface area contributed by atoms with Crippen LogP contribution in [0.25, 0.3) is 0 Å². The van der Waals surface area contributed by atoms with E-state index in [1.165, 1.54) is 30.5 Å². The predicted octanol–water partition coefficient (Wildman–Crippen LogP) is 4.51. The van der Waals surface area contributed by atoms with E-state index in [9.17, 15) is 0 Å². The zero-order valence-electron chi connectivity index (χ0n) is 11.0. The first kappa shape index (κ1) is 12.7. The summed E-state index contributed by atoms with van der Waals surface area (Å²) in [5.41, 5.74) is 2.65. The highest BCUT2D eigenvalue weighted by atomic mass is 14.9. The summed E-state index contributed by atoms with van der Waals surface area (Å²) in [4.78, 5) is 0. The lowest BCUT2D eigenvalue weighted by atomic mass is 10.1. The summed E-state index contributed by atoms with van der Waals surface area (Å²) >= 11 is 0. The van der Waals surface area contributed by atoms with Crippen molar-refractivity contribution in [1.29, 1.82) is 0 Å². The summed E-state index contributed by atoms with van der Waals surface area (Å²) in [6, 6.07) is 21.6. The highest BCUT2D eigenvalue weighted by Gasteiger charge is 2.01. The van der Waals surface area contributed by atoms with Crippen molar-refractivity contribution in [2.75, 3.05) is 5.32 Å². The van der Waals surface area contributed by atoms with Crippen LogP contribution in [-0.4, -0.2) is 6.04 Å². The van der Waals surface area contributed by atoms with Crippen molar-refractivity contribution in [2.24, 2.45) is 0 Å². The highest BCUT2D eigenvalue weighted by Crippen LogP contribution is 2.11. The number of hydrogen-bond acceptors (Lipinski definition) is 1. The third-order valence-electron chi connectivity index (χ3n) is 3.13. The van der Waals surface area contributed by atoms with Gasteiger partial charge in [0.15, 0.2) is 0 Å². The molecule has 0 aliphatic heterocycles. The van der Waals surface area contributed by atoms with Gasteiger partial charge < -0.3 is 5.32 Å². The lowest BCUT2D eigenvalue weighted by Gasteiger charge is -2.15. The topological polar surface area (TPSA) is 12.0 Å². The molecule has 1 N–H and O–H groups in total. The van der Waals surface area contributed by atoms with Gasteiger partial charge in [0.05, 0.1) is 0 Å². The molecule has 1 unspecified atom stereocenters. The van der Waals surface area contributed by atoms with Crippen LogP contribution in [0.3, 0.4) is 0 Å². The zero-order chi connectivity index (χ0) is 12.6. The summed E-state index contributed by atoms with van der Waals surface area (Å²) in [6.07, 6.45) is 3.59. The molecule has 0 amide bonds. The Hall–Kier alpha value is -1.76. The van der Waals surface area contributed by atoms with Crippen LogP contribution in [0.1, 0.15) is 25.3 Å². The van der Waals surface area contributed by atoms with Gasteiger partial charge in [0.2, 0.25) is 0 Å². The molecule has 0 saturated carbocycles. The Labute approximate surface area is 110 Å². The summed E-state index contributed by atoms with van der Waals surface area (Å²) in [5.74, 6) is 0. The first-order valence-electron chi connectivity index (χ1n) is 6.70. The fourth-order valence-corrected chi connectivity index (χ4v) is 2.15. The van der Waals surface area contributed by atoms with E-state index in [2.05, 4.69) is 66.8 Å². The van der Waals surface area contributed by atoms with Gasteiger partial charge in [-0.05, 0) is 43.9 Å². The van der Waals surface area contributed by atoms with E-state index in [1.807, 2.05) is 6.07 Å². The van der Waals surface area contributed by atoms with Crippen LogP contribution in [0.4, 0.5) is 5.69 Å². The predicted molar refractivity (Wildman–Crippen MR) is 78.9 cm³/mol. The van der Waals surface area contributed by atoms with Gasteiger partial charge in [-0.15, -0.1) is 0 Å². The van der Waals surface area contributed by atoms with Gasteiger partial charge in [0.1, 0.15) is 0 Å². The molecule has 0 bridgehead atoms. The number of anilines is 1. The molecule has 0 spiro atoms. The van der Waals surface area contributed by atoms with Crippen LogP contribution in [-0.2, 0) is 6.42 Å². The lowest BCUT2D eigenvalue weighted by Crippen LogP contribution is -2.15. The van der Waals surface area contributed by atoms with Gasteiger partial charge in [-0.1, -0.05) is 48.5 Å². The molecule has 1 heteroatoms. The average Bonchev–Trinajstić information content (AvgIpc) is 2.41. The van der Waals surface area contributed by atoms with Crippen LogP contribution in [0.2, 0.25) is 0 Å². The van der Waals surface area contributed by atoms with Gasteiger partial charge in [-0.25, -0.2) is 0 Å². The Morgan fingerprint density at radius 2 is 1.50 bits per heavy atom. The normalized spacial score (nSPS) is 12.1. The van der Waals surface area contributed by atoms with Gasteiger partial charge >= 0.3 is 0 Å². The van der Waals surface area contributed by atoms with Crippen molar-refractivity contribution in [1.82, 2.24) is 0 Å². The van der Waals surface area contributed by atoms with E-state index in [0.717, 1.165) is 0 Å². The molecule has 2 aromatic rings. The largest absolute Gasteiger partial charge is 0.383 e. The molecular weight excluding hydrogens is 218 g/mol. The maximum absolute atomic E-state index is 3.53. The second-order valence-corrected chi connectivity index (χ2v) is 4.79. The van der Waals surface area contributed by atoms with Gasteiger partial charge in [-0.2, -0.15) is 0 Å². The molecular formula is C17H21N. The van der Waals surface area contributed by atoms with Crippen LogP contribution < -0.4 is 5.32 Å². The SMILES string of the molecule is CC(CCCc1ccccc1)Nc1ccccc1. The Bertz CT molecular complexity index is 436. The fraction of sp³-hybridized carbons (Fsp3) is 0.294. The van der Waals surface area contributed by atoms with Crippen LogP contribution in [0.15, 0.2) is 60.7 Å². The third-order valence-corrected chi connectivity index (χ3v) is 3.13. The molecule has 94 valence electrons. The van der Waals surface area contributed by atoms with E-state index < -0.39 is 0 Å². The number of nitrogens with one attached hydrogen (secondary N) is 1. The van der Waals surface area contributed by atoms with Crippen molar-refractivity contribution in [2.45, 2.75) is 32.2 Å². The molecule has 1 atom stereocenters. The summed E-state index contributed by atoms with van der Waals surface area (Å²) < 4.78 is 0. The number of hydrogen-bond donors (Lipinski definition) is 1. The molecule has 0 radical (unpaired) electrons. The number of rotatable bonds is 6. The van der Waals surface area contributed by atoms with E-state index in [0.29, 0.717) is 6.04 Å². The van der Waals surface area contributed by atoms with Crippen molar-refractivity contribution < 1.29 is 0 Å². The van der Waals surface area contributed by atoms with E-state index in [1.54, 1.807) is 0 Å². The molecule has 18 heavy (non-hydrogen) atoms. The first-order valence-corrected chi connectivity index (χ1v) is 6.70. The summed E-state index contributed by atoms with van der Waals surface area (Å²) in [6.45, 7) is 2.25. The fourth-order valence-electron chi connectivity index (χ4n) is 2.15. The molecule has 0 aliphatic carbocycles. The third kappa shape index (κ3) is 4.25. The molecule has 0 aromatic heterocycles. The quantitative estimate of drug-likeness (QED) is 0.782. The zero-order valence-corrected chi connectivity index (χ0v) is 11.0. The van der Waals surface area contributed by atoms with Crippen LogP contribution in [0.5, 0.6) is 0 Å². The van der Waals surface area contributed by atoms with E-state index in [-0.39, 0.29) is 0 Å². The second kappa shape index (κ2) is 6.85. The Morgan fingerprint density at radius 3 is 2.17 bits per heavy atom.